The highest BCUT2D eigenvalue weighted by Crippen LogP contribution is 2.40. The van der Waals surface area contributed by atoms with Crippen LogP contribution in [0.2, 0.25) is 0 Å². The van der Waals surface area contributed by atoms with Crippen molar-refractivity contribution < 1.29 is 13.9 Å². The van der Waals surface area contributed by atoms with E-state index in [1.807, 2.05) is 13.0 Å². The van der Waals surface area contributed by atoms with Crippen molar-refractivity contribution in [2.75, 3.05) is 5.32 Å². The predicted octanol–water partition coefficient (Wildman–Crippen LogP) is 6.20. The third-order valence-corrected chi connectivity index (χ3v) is 6.73. The molecule has 4 aromatic rings. The molecule has 0 radical (unpaired) electrons. The first kappa shape index (κ1) is 23.1. The van der Waals surface area contributed by atoms with Crippen molar-refractivity contribution in [1.29, 1.82) is 0 Å². The number of hydrogen-bond acceptors (Lipinski definition) is 5. The molecule has 0 unspecified atom stereocenters. The third kappa shape index (κ3) is 4.79. The molecule has 2 aromatic heterocycles. The first-order valence-electron chi connectivity index (χ1n) is 11.7. The zero-order chi connectivity index (χ0) is 24.6. The highest BCUT2D eigenvalue weighted by Gasteiger charge is 2.32. The van der Waals surface area contributed by atoms with Crippen LogP contribution in [0.3, 0.4) is 0 Å². The Morgan fingerprint density at radius 3 is 2.51 bits per heavy atom. The molecular weight excluding hydrogens is 448 g/mol. The summed E-state index contributed by atoms with van der Waals surface area (Å²) in [5.74, 6) is 0.459. The van der Waals surface area contributed by atoms with Gasteiger partial charge in [-0.25, -0.2) is 23.7 Å². The Kier molecular flexibility index (Phi) is 6.06. The molecule has 1 fully saturated rings. The maximum absolute atomic E-state index is 14.0. The van der Waals surface area contributed by atoms with Gasteiger partial charge in [-0.15, -0.1) is 0 Å². The van der Waals surface area contributed by atoms with E-state index in [2.05, 4.69) is 14.9 Å². The van der Waals surface area contributed by atoms with Crippen LogP contribution >= 0.6 is 0 Å². The Morgan fingerprint density at radius 2 is 1.77 bits per heavy atom. The van der Waals surface area contributed by atoms with Crippen LogP contribution in [0.15, 0.2) is 60.9 Å². The zero-order valence-corrected chi connectivity index (χ0v) is 19.7. The van der Waals surface area contributed by atoms with E-state index in [1.165, 1.54) is 18.2 Å². The summed E-state index contributed by atoms with van der Waals surface area (Å²) in [5.41, 5.74) is 2.67. The van der Waals surface area contributed by atoms with E-state index in [0.29, 0.717) is 35.7 Å². The van der Waals surface area contributed by atoms with E-state index in [-0.39, 0.29) is 17.7 Å². The van der Waals surface area contributed by atoms with Crippen LogP contribution in [0.25, 0.3) is 22.8 Å². The van der Waals surface area contributed by atoms with Gasteiger partial charge in [-0.05, 0) is 82.0 Å². The summed E-state index contributed by atoms with van der Waals surface area (Å²) < 4.78 is 29.7. The van der Waals surface area contributed by atoms with Gasteiger partial charge in [0.05, 0.1) is 23.2 Å². The molecule has 1 aliphatic carbocycles. The molecule has 0 bridgehead atoms. The highest BCUT2D eigenvalue weighted by molar-refractivity contribution is 5.66. The molecule has 0 spiro atoms. The lowest BCUT2D eigenvalue weighted by Gasteiger charge is -2.35. The van der Waals surface area contributed by atoms with Gasteiger partial charge in [-0.3, -0.25) is 0 Å². The Labute approximate surface area is 202 Å². The smallest absolute Gasteiger partial charge is 0.227 e. The van der Waals surface area contributed by atoms with E-state index >= 15 is 0 Å². The number of nitrogens with one attached hydrogen (secondary N) is 1. The summed E-state index contributed by atoms with van der Waals surface area (Å²) in [6.45, 7) is 3.57. The van der Waals surface area contributed by atoms with E-state index in [1.54, 1.807) is 43.6 Å². The minimum Gasteiger partial charge on any atom is -0.390 e. The van der Waals surface area contributed by atoms with Gasteiger partial charge in [0.1, 0.15) is 17.5 Å². The van der Waals surface area contributed by atoms with E-state index in [0.717, 1.165) is 29.9 Å². The first-order chi connectivity index (χ1) is 16.8. The Hall–Kier alpha value is -3.65. The number of rotatable bonds is 5. The van der Waals surface area contributed by atoms with Crippen molar-refractivity contribution in [3.63, 3.8) is 0 Å². The molecular formula is C27H27F2N5O. The first-order valence-corrected chi connectivity index (χ1v) is 11.7. The van der Waals surface area contributed by atoms with E-state index in [4.69, 9.17) is 9.97 Å². The van der Waals surface area contributed by atoms with Gasteiger partial charge in [-0.1, -0.05) is 6.07 Å². The van der Waals surface area contributed by atoms with Crippen molar-refractivity contribution >= 4 is 11.6 Å². The number of anilines is 2. The molecule has 1 saturated carbocycles. The van der Waals surface area contributed by atoms with E-state index in [9.17, 15) is 13.9 Å². The van der Waals surface area contributed by atoms with Crippen LogP contribution in [-0.4, -0.2) is 30.2 Å². The number of halogens is 2. The average Bonchev–Trinajstić information content (AvgIpc) is 3.28. The lowest BCUT2D eigenvalue weighted by Crippen LogP contribution is -2.31. The van der Waals surface area contributed by atoms with Gasteiger partial charge in [0, 0.05) is 29.1 Å². The summed E-state index contributed by atoms with van der Waals surface area (Å²) in [6.07, 6.45) is 6.33. The lowest BCUT2D eigenvalue weighted by molar-refractivity contribution is 0.0103. The van der Waals surface area contributed by atoms with Crippen LogP contribution < -0.4 is 5.32 Å². The molecule has 0 saturated heterocycles. The molecule has 2 aromatic carbocycles. The summed E-state index contributed by atoms with van der Waals surface area (Å²) in [4.78, 5) is 13.7. The molecule has 6 nitrogen and oxygen atoms in total. The summed E-state index contributed by atoms with van der Waals surface area (Å²) in [5, 5.41) is 13.6. The molecule has 2 heterocycles. The lowest BCUT2D eigenvalue weighted by atomic mass is 9.83. The highest BCUT2D eigenvalue weighted by atomic mass is 19.1. The van der Waals surface area contributed by atoms with Gasteiger partial charge >= 0.3 is 0 Å². The summed E-state index contributed by atoms with van der Waals surface area (Å²) in [7, 11) is 0. The SMILES string of the molecule is Cc1c(F)cccc1Nc1nccc(-c2cnc(-c3ccc(F)cc3)n2C2CCC(C)(O)CC2)n1. The molecule has 0 atom stereocenters. The normalized spacial score (nSPS) is 20.1. The fourth-order valence-corrected chi connectivity index (χ4v) is 4.64. The molecule has 0 amide bonds. The van der Waals surface area contributed by atoms with Gasteiger partial charge in [0.2, 0.25) is 5.95 Å². The molecule has 0 aliphatic heterocycles. The largest absolute Gasteiger partial charge is 0.390 e. The Bertz CT molecular complexity index is 1340. The quantitative estimate of drug-likeness (QED) is 0.359. The Balaban J connectivity index is 1.55. The molecule has 8 heteroatoms. The zero-order valence-electron chi connectivity index (χ0n) is 19.7. The minimum atomic E-state index is -0.678. The topological polar surface area (TPSA) is 75.9 Å². The van der Waals surface area contributed by atoms with Gasteiger partial charge in [-0.2, -0.15) is 0 Å². The fourth-order valence-electron chi connectivity index (χ4n) is 4.64. The predicted molar refractivity (Wildman–Crippen MR) is 131 cm³/mol. The number of aliphatic hydroxyl groups is 1. The second-order valence-electron chi connectivity index (χ2n) is 9.37. The maximum atomic E-state index is 14.0. The van der Waals surface area contributed by atoms with Crippen LogP contribution in [-0.2, 0) is 0 Å². The maximum Gasteiger partial charge on any atom is 0.227 e. The monoisotopic (exact) mass is 475 g/mol. The fraction of sp³-hybridized carbons (Fsp3) is 0.296. The minimum absolute atomic E-state index is 0.101. The standard InChI is InChI=1S/C27H27F2N5O/c1-17-21(29)4-3-5-22(17)32-26-30-15-12-23(33-26)24-16-31-25(18-6-8-19(28)9-7-18)34(24)20-10-13-27(2,35)14-11-20/h3-9,12,15-16,20,35H,10-11,13-14H2,1-2H3,(H,30,32,33). The number of hydrogen-bond donors (Lipinski definition) is 2. The number of nitrogens with zero attached hydrogens (tertiary/aromatic N) is 4. The van der Waals surface area contributed by atoms with Crippen LogP contribution in [0.5, 0.6) is 0 Å². The van der Waals surface area contributed by atoms with Crippen LogP contribution in [0.4, 0.5) is 20.4 Å². The molecule has 1 aliphatic rings. The molecule has 180 valence electrons. The van der Waals surface area contributed by atoms with Gasteiger partial charge < -0.3 is 15.0 Å². The summed E-state index contributed by atoms with van der Waals surface area (Å²) >= 11 is 0. The Morgan fingerprint density at radius 1 is 1.03 bits per heavy atom. The molecule has 2 N–H and O–H groups in total. The second-order valence-corrected chi connectivity index (χ2v) is 9.37. The third-order valence-electron chi connectivity index (χ3n) is 6.73. The van der Waals surface area contributed by atoms with Crippen LogP contribution in [0, 0.1) is 18.6 Å². The van der Waals surface area contributed by atoms with Crippen molar-refractivity contribution in [1.82, 2.24) is 19.5 Å². The second kappa shape index (κ2) is 9.19. The van der Waals surface area contributed by atoms with Crippen LogP contribution in [0.1, 0.15) is 44.2 Å². The average molecular weight is 476 g/mol. The van der Waals surface area contributed by atoms with Crippen molar-refractivity contribution in [3.8, 4) is 22.8 Å². The molecule has 5 rings (SSSR count). The van der Waals surface area contributed by atoms with Crippen molar-refractivity contribution in [2.45, 2.75) is 51.2 Å². The molecule has 35 heavy (non-hydrogen) atoms. The number of imidazole rings is 1. The van der Waals surface area contributed by atoms with Crippen molar-refractivity contribution in [3.05, 3.63) is 78.1 Å². The summed E-state index contributed by atoms with van der Waals surface area (Å²) in [6, 6.07) is 13.0. The number of benzene rings is 2. The van der Waals surface area contributed by atoms with Gasteiger partial charge in [0.15, 0.2) is 0 Å². The van der Waals surface area contributed by atoms with E-state index < -0.39 is 5.60 Å². The van der Waals surface area contributed by atoms with Gasteiger partial charge in [0.25, 0.3) is 0 Å². The number of aromatic nitrogens is 4. The van der Waals surface area contributed by atoms with Crippen molar-refractivity contribution in [2.24, 2.45) is 0 Å².